The van der Waals surface area contributed by atoms with Gasteiger partial charge in [0.1, 0.15) is 4.88 Å². The average Bonchev–Trinajstić information content (AvgIpc) is 3.22. The third-order valence-electron chi connectivity index (χ3n) is 7.08. The number of aromatic carboxylic acids is 1. The molecule has 0 unspecified atom stereocenters. The van der Waals surface area contributed by atoms with Gasteiger partial charge < -0.3 is 10.0 Å². The summed E-state index contributed by atoms with van der Waals surface area (Å²) in [4.78, 5) is 29.2. The monoisotopic (exact) mass is 439 g/mol. The van der Waals surface area contributed by atoms with Crippen LogP contribution in [0.25, 0.3) is 5.57 Å². The summed E-state index contributed by atoms with van der Waals surface area (Å²) in [5.74, 6) is -0.144. The van der Waals surface area contributed by atoms with Crippen LogP contribution >= 0.6 is 11.3 Å². The van der Waals surface area contributed by atoms with Crippen molar-refractivity contribution in [2.75, 3.05) is 4.90 Å². The molecule has 4 rings (SSSR count). The van der Waals surface area contributed by atoms with Gasteiger partial charge in [-0.1, -0.05) is 37.3 Å². The van der Waals surface area contributed by atoms with Crippen molar-refractivity contribution in [3.63, 3.8) is 0 Å². The van der Waals surface area contributed by atoms with Gasteiger partial charge in [-0.2, -0.15) is 0 Å². The molecule has 166 valence electrons. The molecule has 0 aliphatic heterocycles. The summed E-state index contributed by atoms with van der Waals surface area (Å²) in [7, 11) is 0. The zero-order valence-corrected chi connectivity index (χ0v) is 19.3. The van der Waals surface area contributed by atoms with Crippen LogP contribution in [0.4, 0.5) is 5.69 Å². The number of rotatable bonds is 5. The van der Waals surface area contributed by atoms with E-state index in [0.717, 1.165) is 74.7 Å². The maximum absolute atomic E-state index is 13.8. The van der Waals surface area contributed by atoms with Crippen molar-refractivity contribution in [2.24, 2.45) is 11.8 Å². The fourth-order valence-electron chi connectivity index (χ4n) is 5.12. The standard InChI is InChI=1S/C26H33NO3S/c1-17-8-12-20(13-9-17)25(28)27(21-14-10-18(2)11-15-21)22-16-23(31-24(22)26(29)30)19-6-4-3-5-7-19/h4,6-7,16-17,20-21H,2-3,5,8-15H2,1H3,(H,29,30). The van der Waals surface area contributed by atoms with Crippen molar-refractivity contribution in [3.05, 3.63) is 46.2 Å². The van der Waals surface area contributed by atoms with Crippen LogP contribution in [0.5, 0.6) is 0 Å². The minimum Gasteiger partial charge on any atom is -0.477 e. The number of hydrogen-bond acceptors (Lipinski definition) is 3. The molecule has 0 atom stereocenters. The van der Waals surface area contributed by atoms with Crippen molar-refractivity contribution in [1.82, 2.24) is 0 Å². The molecule has 1 N–H and O–H groups in total. The van der Waals surface area contributed by atoms with E-state index in [1.165, 1.54) is 16.9 Å². The highest BCUT2D eigenvalue weighted by molar-refractivity contribution is 7.15. The lowest BCUT2D eigenvalue weighted by Gasteiger charge is -2.38. The Balaban J connectivity index is 1.72. The largest absolute Gasteiger partial charge is 0.477 e. The Morgan fingerprint density at radius 1 is 1.10 bits per heavy atom. The number of allylic oxidation sites excluding steroid dienone is 5. The number of carbonyl (C=O) groups excluding carboxylic acids is 1. The molecule has 1 amide bonds. The fraction of sp³-hybridized carbons (Fsp3) is 0.538. The smallest absolute Gasteiger partial charge is 0.348 e. The van der Waals surface area contributed by atoms with Crippen molar-refractivity contribution >= 4 is 34.5 Å². The molecule has 31 heavy (non-hydrogen) atoms. The summed E-state index contributed by atoms with van der Waals surface area (Å²) < 4.78 is 0. The molecule has 1 aromatic heterocycles. The van der Waals surface area contributed by atoms with Gasteiger partial charge >= 0.3 is 5.97 Å². The van der Waals surface area contributed by atoms with Gasteiger partial charge in [0, 0.05) is 16.8 Å². The van der Waals surface area contributed by atoms with Gasteiger partial charge in [-0.15, -0.1) is 11.3 Å². The molecule has 0 aromatic carbocycles. The Hall–Kier alpha value is -2.14. The average molecular weight is 440 g/mol. The Morgan fingerprint density at radius 3 is 2.42 bits per heavy atom. The van der Waals surface area contributed by atoms with Crippen LogP contribution in [0.3, 0.4) is 0 Å². The molecule has 3 aliphatic carbocycles. The van der Waals surface area contributed by atoms with E-state index in [1.54, 1.807) is 0 Å². The van der Waals surface area contributed by atoms with E-state index >= 15 is 0 Å². The van der Waals surface area contributed by atoms with Crippen molar-refractivity contribution in [1.29, 1.82) is 0 Å². The summed E-state index contributed by atoms with van der Waals surface area (Å²) in [6.45, 7) is 6.38. The molecule has 4 nitrogen and oxygen atoms in total. The highest BCUT2D eigenvalue weighted by Gasteiger charge is 2.36. The molecule has 3 aliphatic rings. The molecule has 0 bridgehead atoms. The van der Waals surface area contributed by atoms with E-state index in [4.69, 9.17) is 0 Å². The molecule has 5 heteroatoms. The lowest BCUT2D eigenvalue weighted by atomic mass is 9.81. The Bertz CT molecular complexity index is 907. The Morgan fingerprint density at radius 2 is 1.81 bits per heavy atom. The number of amides is 1. The first-order valence-corrected chi connectivity index (χ1v) is 12.5. The molecule has 1 heterocycles. The van der Waals surface area contributed by atoms with Crippen LogP contribution in [0, 0.1) is 11.8 Å². The molecular formula is C26H33NO3S. The van der Waals surface area contributed by atoms with E-state index in [0.29, 0.717) is 11.6 Å². The summed E-state index contributed by atoms with van der Waals surface area (Å²) >= 11 is 1.30. The number of nitrogens with zero attached hydrogens (tertiary/aromatic N) is 1. The first-order valence-electron chi connectivity index (χ1n) is 11.7. The lowest BCUT2D eigenvalue weighted by Crippen LogP contribution is -2.46. The predicted molar refractivity (Wildman–Crippen MR) is 128 cm³/mol. The second kappa shape index (κ2) is 9.56. The van der Waals surface area contributed by atoms with Crippen LogP contribution in [-0.2, 0) is 4.79 Å². The number of thiophene rings is 1. The lowest BCUT2D eigenvalue weighted by molar-refractivity contribution is -0.124. The van der Waals surface area contributed by atoms with E-state index in [9.17, 15) is 14.7 Å². The van der Waals surface area contributed by atoms with Gasteiger partial charge in [-0.25, -0.2) is 4.79 Å². The highest BCUT2D eigenvalue weighted by atomic mass is 32.1. The van der Waals surface area contributed by atoms with Gasteiger partial charge in [0.2, 0.25) is 5.91 Å². The number of carbonyl (C=O) groups is 2. The Labute approximate surface area is 189 Å². The molecule has 0 radical (unpaired) electrons. The summed E-state index contributed by atoms with van der Waals surface area (Å²) in [6.07, 6.45) is 15.9. The van der Waals surface area contributed by atoms with Gasteiger partial charge in [0.25, 0.3) is 0 Å². The van der Waals surface area contributed by atoms with E-state index < -0.39 is 5.97 Å². The van der Waals surface area contributed by atoms with Gasteiger partial charge in [-0.3, -0.25) is 4.79 Å². The van der Waals surface area contributed by atoms with Crippen LogP contribution in [-0.4, -0.2) is 23.0 Å². The van der Waals surface area contributed by atoms with Gasteiger partial charge in [-0.05, 0) is 81.8 Å². The normalized spacial score (nSPS) is 24.7. The van der Waals surface area contributed by atoms with Crippen LogP contribution in [0.2, 0.25) is 0 Å². The Kier molecular flexibility index (Phi) is 6.80. The molecule has 2 fully saturated rings. The molecular weight excluding hydrogens is 406 g/mol. The second-order valence-electron chi connectivity index (χ2n) is 9.42. The second-order valence-corrected chi connectivity index (χ2v) is 10.5. The number of carboxylic acid groups (broad SMARTS) is 1. The minimum absolute atomic E-state index is 0.000106. The predicted octanol–water partition coefficient (Wildman–Crippen LogP) is 6.84. The molecule has 0 spiro atoms. The first kappa shape index (κ1) is 22.1. The fourth-order valence-corrected chi connectivity index (χ4v) is 6.13. The molecule has 2 saturated carbocycles. The first-order chi connectivity index (χ1) is 14.9. The van der Waals surface area contributed by atoms with Gasteiger partial charge in [0.15, 0.2) is 0 Å². The van der Waals surface area contributed by atoms with Crippen LogP contribution in [0.1, 0.15) is 85.7 Å². The number of carboxylic acids is 1. The van der Waals surface area contributed by atoms with Crippen molar-refractivity contribution in [2.45, 2.75) is 77.2 Å². The van der Waals surface area contributed by atoms with Crippen molar-refractivity contribution in [3.8, 4) is 0 Å². The third-order valence-corrected chi connectivity index (χ3v) is 8.24. The zero-order chi connectivity index (χ0) is 22.0. The summed E-state index contributed by atoms with van der Waals surface area (Å²) in [5, 5.41) is 10.0. The van der Waals surface area contributed by atoms with Crippen LogP contribution < -0.4 is 4.90 Å². The minimum atomic E-state index is -0.943. The molecule has 0 saturated heterocycles. The number of anilines is 1. The quantitative estimate of drug-likeness (QED) is 0.511. The summed E-state index contributed by atoms with van der Waals surface area (Å²) in [6, 6.07) is 2.01. The van der Waals surface area contributed by atoms with Crippen LogP contribution in [0.15, 0.2) is 36.4 Å². The highest BCUT2D eigenvalue weighted by Crippen LogP contribution is 2.41. The van der Waals surface area contributed by atoms with E-state index in [-0.39, 0.29) is 22.7 Å². The number of hydrogen-bond donors (Lipinski definition) is 1. The van der Waals surface area contributed by atoms with Crippen molar-refractivity contribution < 1.29 is 14.7 Å². The van der Waals surface area contributed by atoms with E-state index in [1.807, 2.05) is 11.0 Å². The van der Waals surface area contributed by atoms with E-state index in [2.05, 4.69) is 31.7 Å². The maximum atomic E-state index is 13.8. The van der Waals surface area contributed by atoms with Gasteiger partial charge in [0.05, 0.1) is 5.69 Å². The topological polar surface area (TPSA) is 57.6 Å². The molecule has 1 aromatic rings. The summed E-state index contributed by atoms with van der Waals surface area (Å²) in [5.41, 5.74) is 2.91. The SMILES string of the molecule is C=C1CCC(N(C(=O)C2CCC(C)CC2)c2cc(C3=CCCC=C3)sc2C(=O)O)CC1. The zero-order valence-electron chi connectivity index (χ0n) is 18.4. The maximum Gasteiger partial charge on any atom is 0.348 e. The third kappa shape index (κ3) is 4.87.